The fraction of sp³-hybridized carbons (Fsp3) is 0.476. The number of nitrogens with one attached hydrogen (secondary N) is 1. The van der Waals surface area contributed by atoms with Crippen molar-refractivity contribution < 1.29 is 14.3 Å². The summed E-state index contributed by atoms with van der Waals surface area (Å²) in [4.78, 5) is 16.8. The van der Waals surface area contributed by atoms with Crippen LogP contribution >= 0.6 is 0 Å². The number of furan rings is 1. The average molecular weight is 371 g/mol. The molecule has 1 aliphatic rings. The Morgan fingerprint density at radius 1 is 1.26 bits per heavy atom. The molecule has 1 aliphatic heterocycles. The highest BCUT2D eigenvalue weighted by atomic mass is 16.3. The molecule has 1 aromatic carbocycles. The third kappa shape index (κ3) is 5.11. The van der Waals surface area contributed by atoms with Crippen molar-refractivity contribution in [3.63, 3.8) is 0 Å². The van der Waals surface area contributed by atoms with E-state index < -0.39 is 0 Å². The largest absolute Gasteiger partial charge is 0.472 e. The first kappa shape index (κ1) is 19.5. The van der Waals surface area contributed by atoms with Crippen LogP contribution in [0.4, 0.5) is 10.5 Å². The molecule has 2 heterocycles. The van der Waals surface area contributed by atoms with Crippen molar-refractivity contribution in [2.75, 3.05) is 31.6 Å². The Balaban J connectivity index is 1.59. The summed E-state index contributed by atoms with van der Waals surface area (Å²) in [6.45, 7) is 7.22. The molecule has 2 amide bonds. The number of anilines is 1. The van der Waals surface area contributed by atoms with E-state index in [-0.39, 0.29) is 18.7 Å². The van der Waals surface area contributed by atoms with Crippen LogP contribution in [0.1, 0.15) is 37.3 Å². The molecule has 3 rings (SSSR count). The Kier molecular flexibility index (Phi) is 6.53. The Morgan fingerprint density at radius 2 is 2.04 bits per heavy atom. The molecule has 6 nitrogen and oxygen atoms in total. The Morgan fingerprint density at radius 3 is 2.67 bits per heavy atom. The van der Waals surface area contributed by atoms with Crippen LogP contribution in [-0.2, 0) is 6.54 Å². The number of urea groups is 1. The summed E-state index contributed by atoms with van der Waals surface area (Å²) in [5.74, 6) is 0.470. The van der Waals surface area contributed by atoms with Crippen molar-refractivity contribution >= 4 is 11.7 Å². The van der Waals surface area contributed by atoms with Gasteiger partial charge in [-0.3, -0.25) is 4.90 Å². The molecule has 0 radical (unpaired) electrons. The third-order valence-corrected chi connectivity index (χ3v) is 5.15. The number of rotatable bonds is 6. The number of hydrogen-bond acceptors (Lipinski definition) is 4. The molecular weight excluding hydrogens is 342 g/mol. The van der Waals surface area contributed by atoms with Gasteiger partial charge in [0, 0.05) is 50.1 Å². The fourth-order valence-corrected chi connectivity index (χ4v) is 3.48. The van der Waals surface area contributed by atoms with Crippen LogP contribution in [0, 0.1) is 0 Å². The second-order valence-electron chi connectivity index (χ2n) is 7.42. The van der Waals surface area contributed by atoms with Crippen molar-refractivity contribution in [1.29, 1.82) is 0 Å². The molecule has 2 aromatic rings. The third-order valence-electron chi connectivity index (χ3n) is 5.15. The molecule has 1 unspecified atom stereocenters. The van der Waals surface area contributed by atoms with Crippen molar-refractivity contribution in [2.24, 2.45) is 0 Å². The fourth-order valence-electron chi connectivity index (χ4n) is 3.48. The van der Waals surface area contributed by atoms with E-state index in [1.54, 1.807) is 12.5 Å². The van der Waals surface area contributed by atoms with E-state index >= 15 is 0 Å². The van der Waals surface area contributed by atoms with Crippen molar-refractivity contribution in [3.8, 4) is 0 Å². The Labute approximate surface area is 160 Å². The number of carbonyl (C=O) groups is 1. The normalized spacial score (nSPS) is 18.1. The maximum atomic E-state index is 12.7. The molecule has 6 heteroatoms. The Hall–Kier alpha value is -2.31. The average Bonchev–Trinajstić information content (AvgIpc) is 3.17. The molecule has 2 N–H and O–H groups in total. The van der Waals surface area contributed by atoms with Gasteiger partial charge in [0.25, 0.3) is 0 Å². The van der Waals surface area contributed by atoms with Crippen LogP contribution in [-0.4, -0.2) is 53.2 Å². The van der Waals surface area contributed by atoms with E-state index in [9.17, 15) is 9.90 Å². The number of benzene rings is 1. The molecule has 1 fully saturated rings. The first-order chi connectivity index (χ1) is 13.1. The van der Waals surface area contributed by atoms with Crippen LogP contribution in [0.2, 0.25) is 0 Å². The zero-order valence-corrected chi connectivity index (χ0v) is 16.1. The molecule has 0 saturated carbocycles. The topological polar surface area (TPSA) is 69.0 Å². The van der Waals surface area contributed by atoms with Gasteiger partial charge in [-0.05, 0) is 36.1 Å². The van der Waals surface area contributed by atoms with E-state index in [0.717, 1.165) is 24.3 Å². The van der Waals surface area contributed by atoms with E-state index in [0.29, 0.717) is 25.4 Å². The number of aliphatic hydroxyl groups is 1. The zero-order valence-electron chi connectivity index (χ0n) is 16.1. The highest BCUT2D eigenvalue weighted by molar-refractivity contribution is 5.89. The number of hydrogen-bond donors (Lipinski definition) is 2. The van der Waals surface area contributed by atoms with E-state index in [1.807, 2.05) is 23.1 Å². The maximum Gasteiger partial charge on any atom is 0.321 e. The number of carbonyl (C=O) groups excluding carboxylic acids is 1. The van der Waals surface area contributed by atoms with Crippen LogP contribution < -0.4 is 5.32 Å². The van der Waals surface area contributed by atoms with Gasteiger partial charge in [-0.1, -0.05) is 26.0 Å². The van der Waals surface area contributed by atoms with E-state index in [2.05, 4.69) is 36.2 Å². The minimum atomic E-state index is -0.0850. The molecule has 0 spiro atoms. The van der Waals surface area contributed by atoms with Crippen molar-refractivity contribution in [3.05, 3.63) is 54.0 Å². The van der Waals surface area contributed by atoms with E-state index in [1.165, 1.54) is 5.56 Å². The van der Waals surface area contributed by atoms with Crippen molar-refractivity contribution in [2.45, 2.75) is 38.8 Å². The molecule has 0 bridgehead atoms. The standard InChI is InChI=1S/C21H29N3O3/c1-16(2)18-3-5-19(6-4-18)22-21(26)24-10-9-23(20(14-24)7-11-25)13-17-8-12-27-15-17/h3-6,8,12,15-16,20,25H,7,9-11,13-14H2,1-2H3,(H,22,26). The predicted octanol–water partition coefficient (Wildman–Crippen LogP) is 3.50. The quantitative estimate of drug-likeness (QED) is 0.815. The molecule has 146 valence electrons. The predicted molar refractivity (Wildman–Crippen MR) is 106 cm³/mol. The number of nitrogens with zero attached hydrogens (tertiary/aromatic N) is 2. The van der Waals surface area contributed by atoms with Gasteiger partial charge in [0.15, 0.2) is 0 Å². The SMILES string of the molecule is CC(C)c1ccc(NC(=O)N2CCN(Cc3ccoc3)C(CCO)C2)cc1. The second-order valence-corrected chi connectivity index (χ2v) is 7.42. The molecule has 1 aromatic heterocycles. The van der Waals surface area contributed by atoms with Crippen LogP contribution in [0.15, 0.2) is 47.3 Å². The summed E-state index contributed by atoms with van der Waals surface area (Å²) in [7, 11) is 0. The summed E-state index contributed by atoms with van der Waals surface area (Å²) in [5, 5.41) is 12.4. The molecule has 1 saturated heterocycles. The number of aliphatic hydroxyl groups excluding tert-OH is 1. The van der Waals surface area contributed by atoms with Gasteiger partial charge in [-0.2, -0.15) is 0 Å². The van der Waals surface area contributed by atoms with Gasteiger partial charge in [0.1, 0.15) is 0 Å². The van der Waals surface area contributed by atoms with Crippen LogP contribution in [0.3, 0.4) is 0 Å². The Bertz CT molecular complexity index is 713. The lowest BCUT2D eigenvalue weighted by Gasteiger charge is -2.41. The first-order valence-corrected chi connectivity index (χ1v) is 9.58. The molecule has 0 aliphatic carbocycles. The summed E-state index contributed by atoms with van der Waals surface area (Å²) >= 11 is 0. The van der Waals surface area contributed by atoms with Gasteiger partial charge < -0.3 is 19.7 Å². The van der Waals surface area contributed by atoms with Crippen molar-refractivity contribution in [1.82, 2.24) is 9.80 Å². The number of amides is 2. The minimum Gasteiger partial charge on any atom is -0.472 e. The molecule has 27 heavy (non-hydrogen) atoms. The lowest BCUT2D eigenvalue weighted by atomic mass is 10.0. The van der Waals surface area contributed by atoms with E-state index in [4.69, 9.17) is 4.42 Å². The molecular formula is C21H29N3O3. The summed E-state index contributed by atoms with van der Waals surface area (Å²) in [6, 6.07) is 10.0. The maximum absolute atomic E-state index is 12.7. The smallest absolute Gasteiger partial charge is 0.321 e. The van der Waals surface area contributed by atoms with Crippen LogP contribution in [0.25, 0.3) is 0 Å². The zero-order chi connectivity index (χ0) is 19.2. The van der Waals surface area contributed by atoms with Gasteiger partial charge in [0.05, 0.1) is 12.5 Å². The summed E-state index contributed by atoms with van der Waals surface area (Å²) in [6.07, 6.45) is 4.06. The minimum absolute atomic E-state index is 0.0850. The van der Waals surface area contributed by atoms with Gasteiger partial charge in [0.2, 0.25) is 0 Å². The number of piperazine rings is 1. The highest BCUT2D eigenvalue weighted by Gasteiger charge is 2.29. The van der Waals surface area contributed by atoms with Gasteiger partial charge in [-0.25, -0.2) is 4.79 Å². The summed E-state index contributed by atoms with van der Waals surface area (Å²) in [5.41, 5.74) is 3.17. The van der Waals surface area contributed by atoms with Gasteiger partial charge >= 0.3 is 6.03 Å². The first-order valence-electron chi connectivity index (χ1n) is 9.58. The monoisotopic (exact) mass is 371 g/mol. The lowest BCUT2D eigenvalue weighted by molar-refractivity contribution is 0.0717. The molecule has 1 atom stereocenters. The summed E-state index contributed by atoms with van der Waals surface area (Å²) < 4.78 is 5.15. The second kappa shape index (κ2) is 9.06. The highest BCUT2D eigenvalue weighted by Crippen LogP contribution is 2.20. The van der Waals surface area contributed by atoms with Gasteiger partial charge in [-0.15, -0.1) is 0 Å². The van der Waals surface area contributed by atoms with Crippen LogP contribution in [0.5, 0.6) is 0 Å². The lowest BCUT2D eigenvalue weighted by Crippen LogP contribution is -2.55.